The van der Waals surface area contributed by atoms with Gasteiger partial charge in [-0.2, -0.15) is 21.6 Å². The van der Waals surface area contributed by atoms with Crippen LogP contribution in [0.4, 0.5) is 13.2 Å². The number of imidazole rings is 1. The van der Waals surface area contributed by atoms with Crippen molar-refractivity contribution in [2.45, 2.75) is 29.6 Å². The van der Waals surface area contributed by atoms with Crippen molar-refractivity contribution in [3.63, 3.8) is 0 Å². The molecule has 37 heavy (non-hydrogen) atoms. The molecule has 9 nitrogen and oxygen atoms in total. The van der Waals surface area contributed by atoms with Crippen LogP contribution >= 0.6 is 0 Å². The summed E-state index contributed by atoms with van der Waals surface area (Å²) in [5.41, 5.74) is 6.01. The smallest absolute Gasteiger partial charge is 0.416 e. The van der Waals surface area contributed by atoms with Gasteiger partial charge in [0.25, 0.3) is 5.91 Å². The fourth-order valence-electron chi connectivity index (χ4n) is 3.92. The molecule has 0 bridgehead atoms. The number of hydrogen-bond acceptors (Lipinski definition) is 6. The number of hydrogen-bond donors (Lipinski definition) is 2. The molecule has 1 amide bonds. The summed E-state index contributed by atoms with van der Waals surface area (Å²) in [4.78, 5) is 17.9. The van der Waals surface area contributed by atoms with Crippen LogP contribution in [0.15, 0.2) is 59.8 Å². The average Bonchev–Trinajstić information content (AvgIpc) is 3.18. The topological polar surface area (TPSA) is 128 Å². The first-order chi connectivity index (χ1) is 17.1. The molecule has 0 saturated heterocycles. The van der Waals surface area contributed by atoms with Gasteiger partial charge < -0.3 is 19.9 Å². The lowest BCUT2D eigenvalue weighted by Crippen LogP contribution is -2.28. The third-order valence-corrected chi connectivity index (χ3v) is 6.28. The molecule has 2 aromatic carbocycles. The molecule has 200 valence electrons. The van der Waals surface area contributed by atoms with Gasteiger partial charge in [-0.3, -0.25) is 9.35 Å². The summed E-state index contributed by atoms with van der Waals surface area (Å²) in [7, 11) is 0.476. The van der Waals surface area contributed by atoms with Gasteiger partial charge in [0.15, 0.2) is 5.82 Å². The number of ether oxygens (including phenoxy) is 1. The van der Waals surface area contributed by atoms with E-state index in [2.05, 4.69) is 4.98 Å². The van der Waals surface area contributed by atoms with Crippen molar-refractivity contribution in [1.29, 1.82) is 0 Å². The summed E-state index contributed by atoms with van der Waals surface area (Å²) >= 11 is 0. The van der Waals surface area contributed by atoms with E-state index in [0.717, 1.165) is 23.9 Å². The summed E-state index contributed by atoms with van der Waals surface area (Å²) in [6.07, 6.45) is -4.61. The van der Waals surface area contributed by atoms with E-state index in [4.69, 9.17) is 10.5 Å². The van der Waals surface area contributed by atoms with Crippen LogP contribution in [-0.2, 0) is 34.6 Å². The number of amides is 1. The zero-order chi connectivity index (χ0) is 27.5. The van der Waals surface area contributed by atoms with Crippen LogP contribution in [0.5, 0.6) is 5.75 Å². The number of nitrogens with two attached hydrogens (primary N) is 1. The van der Waals surface area contributed by atoms with Gasteiger partial charge in [0.1, 0.15) is 5.75 Å². The van der Waals surface area contributed by atoms with Crippen molar-refractivity contribution in [2.24, 2.45) is 12.8 Å². The quantitative estimate of drug-likeness (QED) is 0.378. The van der Waals surface area contributed by atoms with Gasteiger partial charge in [-0.15, -0.1) is 0 Å². The number of primary amides is 1. The SMILES string of the molecule is CN(C)CC(Cc1cccc(C(F)(F)F)c1)c1cccc(OC(C(N)=O)c2nc(S(=O)(=O)O)cn2C)c1. The lowest BCUT2D eigenvalue weighted by atomic mass is 9.90. The maximum atomic E-state index is 13.2. The molecule has 13 heteroatoms. The van der Waals surface area contributed by atoms with Crippen molar-refractivity contribution in [1.82, 2.24) is 14.5 Å². The number of carbonyl (C=O) groups excluding carboxylic acids is 1. The summed E-state index contributed by atoms with van der Waals surface area (Å²) in [6, 6.07) is 11.8. The van der Waals surface area contributed by atoms with Crippen LogP contribution in [0, 0.1) is 0 Å². The number of aryl methyl sites for hydroxylation is 1. The van der Waals surface area contributed by atoms with Crippen LogP contribution < -0.4 is 10.5 Å². The van der Waals surface area contributed by atoms with E-state index >= 15 is 0 Å². The molecule has 0 spiro atoms. The van der Waals surface area contributed by atoms with E-state index in [1.807, 2.05) is 19.0 Å². The van der Waals surface area contributed by atoms with Gasteiger partial charge >= 0.3 is 16.3 Å². The van der Waals surface area contributed by atoms with Crippen LogP contribution in [0.2, 0.25) is 0 Å². The normalized spacial score (nSPS) is 13.9. The second kappa shape index (κ2) is 10.9. The van der Waals surface area contributed by atoms with E-state index in [1.165, 1.54) is 17.7 Å². The van der Waals surface area contributed by atoms with Gasteiger partial charge in [-0.05, 0) is 49.8 Å². The molecule has 0 radical (unpaired) electrons. The fourth-order valence-corrected chi connectivity index (χ4v) is 4.42. The number of benzene rings is 2. The number of carbonyl (C=O) groups is 1. The molecule has 0 aliphatic carbocycles. The zero-order valence-corrected chi connectivity index (χ0v) is 21.1. The Bertz CT molecular complexity index is 1370. The van der Waals surface area contributed by atoms with Gasteiger partial charge in [0.2, 0.25) is 11.1 Å². The van der Waals surface area contributed by atoms with E-state index in [-0.39, 0.29) is 17.5 Å². The minimum atomic E-state index is -4.62. The van der Waals surface area contributed by atoms with Crippen molar-refractivity contribution in [3.05, 3.63) is 77.2 Å². The van der Waals surface area contributed by atoms with Gasteiger partial charge in [0.05, 0.1) is 5.56 Å². The Kier molecular flexibility index (Phi) is 8.30. The first kappa shape index (κ1) is 28.2. The number of likely N-dealkylation sites (N-methyl/N-ethyl adjacent to an activating group) is 1. The van der Waals surface area contributed by atoms with Crippen molar-refractivity contribution < 1.29 is 35.7 Å². The second-order valence-electron chi connectivity index (χ2n) is 8.86. The van der Waals surface area contributed by atoms with Crippen LogP contribution in [0.25, 0.3) is 0 Å². The van der Waals surface area contributed by atoms with Crippen molar-refractivity contribution in [3.8, 4) is 5.75 Å². The highest BCUT2D eigenvalue weighted by molar-refractivity contribution is 7.85. The Morgan fingerprint density at radius 1 is 1.19 bits per heavy atom. The first-order valence-electron chi connectivity index (χ1n) is 11.0. The highest BCUT2D eigenvalue weighted by Gasteiger charge is 2.31. The lowest BCUT2D eigenvalue weighted by Gasteiger charge is -2.23. The largest absolute Gasteiger partial charge is 0.473 e. The Hall–Kier alpha value is -3.42. The van der Waals surface area contributed by atoms with Crippen LogP contribution in [-0.4, -0.2) is 54.0 Å². The number of aromatic nitrogens is 2. The molecule has 3 aromatic rings. The molecule has 2 atom stereocenters. The van der Waals surface area contributed by atoms with Crippen molar-refractivity contribution in [2.75, 3.05) is 20.6 Å². The molecule has 0 fully saturated rings. The lowest BCUT2D eigenvalue weighted by molar-refractivity contribution is -0.137. The van der Waals surface area contributed by atoms with Crippen LogP contribution in [0.3, 0.4) is 0 Å². The maximum absolute atomic E-state index is 13.2. The Morgan fingerprint density at radius 3 is 2.43 bits per heavy atom. The van der Waals surface area contributed by atoms with Gasteiger partial charge in [-0.25, -0.2) is 4.98 Å². The third kappa shape index (κ3) is 7.31. The Morgan fingerprint density at radius 2 is 1.86 bits per heavy atom. The molecular weight excluding hydrogens is 513 g/mol. The van der Waals surface area contributed by atoms with E-state index in [1.54, 1.807) is 30.3 Å². The Balaban J connectivity index is 1.92. The number of rotatable bonds is 10. The molecule has 0 aliphatic heterocycles. The third-order valence-electron chi connectivity index (χ3n) is 5.55. The highest BCUT2D eigenvalue weighted by atomic mass is 32.2. The standard InChI is InChI=1S/C24H27F3N4O5S/c1-30(2)13-17(10-15-6-4-8-18(11-15)24(25,26)27)16-7-5-9-19(12-16)36-21(22(28)32)23-29-20(14-31(23)3)37(33,34)35/h4-9,11-12,14,17,21H,10,13H2,1-3H3,(H2,28,32)(H,33,34,35). The van der Waals surface area contributed by atoms with E-state index in [9.17, 15) is 30.9 Å². The minimum Gasteiger partial charge on any atom is -0.473 e. The Labute approximate surface area is 212 Å². The molecule has 0 aliphatic rings. The first-order valence-corrected chi connectivity index (χ1v) is 12.5. The minimum absolute atomic E-state index is 0.140. The molecular formula is C24H27F3N4O5S. The van der Waals surface area contributed by atoms with Gasteiger partial charge in [-0.1, -0.05) is 30.3 Å². The molecule has 3 rings (SSSR count). The number of halogens is 3. The summed E-state index contributed by atoms with van der Waals surface area (Å²) in [5, 5.41) is -0.666. The van der Waals surface area contributed by atoms with E-state index < -0.39 is 38.9 Å². The molecule has 3 N–H and O–H groups in total. The molecule has 2 unspecified atom stereocenters. The summed E-state index contributed by atoms with van der Waals surface area (Å²) in [5.74, 6) is -1.10. The van der Waals surface area contributed by atoms with E-state index in [0.29, 0.717) is 18.5 Å². The maximum Gasteiger partial charge on any atom is 0.416 e. The second-order valence-corrected chi connectivity index (χ2v) is 10.2. The predicted molar refractivity (Wildman–Crippen MR) is 128 cm³/mol. The number of nitrogens with zero attached hydrogens (tertiary/aromatic N) is 3. The highest BCUT2D eigenvalue weighted by Crippen LogP contribution is 2.32. The fraction of sp³-hybridized carbons (Fsp3) is 0.333. The van der Waals surface area contributed by atoms with Crippen LogP contribution in [0.1, 0.15) is 34.5 Å². The average molecular weight is 541 g/mol. The predicted octanol–water partition coefficient (Wildman–Crippen LogP) is 3.18. The molecule has 1 heterocycles. The summed E-state index contributed by atoms with van der Waals surface area (Å²) in [6.45, 7) is 0.510. The molecule has 1 aromatic heterocycles. The summed E-state index contributed by atoms with van der Waals surface area (Å²) < 4.78 is 78.7. The monoisotopic (exact) mass is 540 g/mol. The van der Waals surface area contributed by atoms with Crippen molar-refractivity contribution >= 4 is 16.0 Å². The van der Waals surface area contributed by atoms with Gasteiger partial charge in [0, 0.05) is 25.7 Å². The zero-order valence-electron chi connectivity index (χ0n) is 20.3. The number of alkyl halides is 3. The molecule has 0 saturated carbocycles.